The molecule has 2 aromatic carbocycles. The molecule has 35 heavy (non-hydrogen) atoms. The SMILES string of the molecule is O=C(O)/C=C\C(=O)O.OCCN1CCN(CCCN2c3ccccc3Sc3ccc(Cl)cc32)CC1. The van der Waals surface area contributed by atoms with Crippen molar-refractivity contribution in [3.05, 3.63) is 59.6 Å². The van der Waals surface area contributed by atoms with E-state index in [-0.39, 0.29) is 6.61 Å². The number of hydrogen-bond donors (Lipinski definition) is 3. The summed E-state index contributed by atoms with van der Waals surface area (Å²) in [7, 11) is 0. The molecular weight excluding hydrogens is 490 g/mol. The Morgan fingerprint density at radius 1 is 0.857 bits per heavy atom. The Morgan fingerprint density at radius 3 is 2.09 bits per heavy atom. The van der Waals surface area contributed by atoms with Gasteiger partial charge in [-0.2, -0.15) is 0 Å². The third-order valence-electron chi connectivity index (χ3n) is 5.69. The summed E-state index contributed by atoms with van der Waals surface area (Å²) in [6.45, 7) is 7.45. The molecule has 0 saturated carbocycles. The maximum absolute atomic E-state index is 9.55. The Labute approximate surface area is 214 Å². The number of piperazine rings is 1. The first-order valence-electron chi connectivity index (χ1n) is 11.4. The lowest BCUT2D eigenvalue weighted by molar-refractivity contribution is -0.134. The number of aliphatic hydroxyl groups excluding tert-OH is 1. The number of carbonyl (C=O) groups is 2. The topological polar surface area (TPSA) is 105 Å². The Balaban J connectivity index is 0.000000371. The highest BCUT2D eigenvalue weighted by molar-refractivity contribution is 7.99. The predicted molar refractivity (Wildman–Crippen MR) is 138 cm³/mol. The molecule has 0 unspecified atom stereocenters. The summed E-state index contributed by atoms with van der Waals surface area (Å²) in [6, 6.07) is 14.8. The van der Waals surface area contributed by atoms with Crippen LogP contribution in [0, 0.1) is 0 Å². The van der Waals surface area contributed by atoms with E-state index < -0.39 is 11.9 Å². The van der Waals surface area contributed by atoms with E-state index in [1.165, 1.54) is 21.2 Å². The number of nitrogens with zero attached hydrogens (tertiary/aromatic N) is 3. The van der Waals surface area contributed by atoms with Crippen molar-refractivity contribution in [1.82, 2.24) is 9.80 Å². The van der Waals surface area contributed by atoms with Crippen molar-refractivity contribution < 1.29 is 24.9 Å². The van der Waals surface area contributed by atoms with Crippen molar-refractivity contribution in [2.45, 2.75) is 16.2 Å². The normalized spacial score (nSPS) is 15.8. The molecule has 2 aliphatic heterocycles. The first-order chi connectivity index (χ1) is 16.9. The van der Waals surface area contributed by atoms with Gasteiger partial charge < -0.3 is 25.1 Å². The number of carboxylic acid groups (broad SMARTS) is 2. The number of benzene rings is 2. The highest BCUT2D eigenvalue weighted by Gasteiger charge is 2.23. The smallest absolute Gasteiger partial charge is 0.328 e. The molecule has 2 heterocycles. The zero-order chi connectivity index (χ0) is 25.2. The van der Waals surface area contributed by atoms with Crippen molar-refractivity contribution >= 4 is 46.7 Å². The van der Waals surface area contributed by atoms with E-state index >= 15 is 0 Å². The van der Waals surface area contributed by atoms with Crippen molar-refractivity contribution in [1.29, 1.82) is 0 Å². The third kappa shape index (κ3) is 8.26. The summed E-state index contributed by atoms with van der Waals surface area (Å²) in [5.41, 5.74) is 2.50. The van der Waals surface area contributed by atoms with Gasteiger partial charge in [-0.25, -0.2) is 9.59 Å². The largest absolute Gasteiger partial charge is 0.478 e. The van der Waals surface area contributed by atoms with Crippen LogP contribution in [0.25, 0.3) is 0 Å². The van der Waals surface area contributed by atoms with Gasteiger partial charge in [-0.05, 0) is 43.3 Å². The zero-order valence-corrected chi connectivity index (χ0v) is 20.9. The molecule has 2 aromatic rings. The van der Waals surface area contributed by atoms with Crippen LogP contribution in [0.3, 0.4) is 0 Å². The molecule has 1 saturated heterocycles. The van der Waals surface area contributed by atoms with Gasteiger partial charge in [-0.3, -0.25) is 4.90 Å². The van der Waals surface area contributed by atoms with Gasteiger partial charge in [0.25, 0.3) is 0 Å². The van der Waals surface area contributed by atoms with E-state index in [0.717, 1.165) is 57.3 Å². The number of hydrogen-bond acceptors (Lipinski definition) is 7. The van der Waals surface area contributed by atoms with E-state index in [1.807, 2.05) is 17.8 Å². The monoisotopic (exact) mass is 519 g/mol. The average Bonchev–Trinajstić information content (AvgIpc) is 2.84. The molecule has 0 aromatic heterocycles. The van der Waals surface area contributed by atoms with Gasteiger partial charge in [0.2, 0.25) is 0 Å². The van der Waals surface area contributed by atoms with Gasteiger partial charge in [0.15, 0.2) is 0 Å². The minimum atomic E-state index is -1.26. The second kappa shape index (κ2) is 13.5. The Kier molecular flexibility index (Phi) is 10.4. The highest BCUT2D eigenvalue weighted by Crippen LogP contribution is 2.48. The number of aliphatic hydroxyl groups is 1. The molecule has 4 rings (SSSR count). The summed E-state index contributed by atoms with van der Waals surface area (Å²) in [5, 5.41) is 25.5. The van der Waals surface area contributed by atoms with Crippen LogP contribution in [0.5, 0.6) is 0 Å². The molecule has 0 bridgehead atoms. The number of anilines is 2. The van der Waals surface area contributed by atoms with E-state index in [0.29, 0.717) is 12.2 Å². The summed E-state index contributed by atoms with van der Waals surface area (Å²) >= 11 is 8.12. The van der Waals surface area contributed by atoms with E-state index in [4.69, 9.17) is 26.9 Å². The molecule has 0 atom stereocenters. The molecule has 188 valence electrons. The molecule has 0 amide bonds. The van der Waals surface area contributed by atoms with Crippen LogP contribution in [-0.2, 0) is 9.59 Å². The number of rotatable bonds is 8. The standard InChI is InChI=1S/C21H26ClN3OS.C4H4O4/c22-17-6-7-21-19(16-17)25(18-4-1-2-5-20(18)27-21)9-3-8-23-10-12-24(13-11-23)14-15-26;5-3(6)1-2-4(7)8/h1-2,4-7,16,26H,3,8-15H2;1-2H,(H,5,6)(H,7,8)/b;2-1-. The van der Waals surface area contributed by atoms with Gasteiger partial charge in [-0.1, -0.05) is 35.5 Å². The second-order valence-electron chi connectivity index (χ2n) is 8.10. The number of para-hydroxylation sites is 1. The number of carboxylic acids is 2. The quantitative estimate of drug-likeness (QED) is 0.451. The summed E-state index contributed by atoms with van der Waals surface area (Å²) < 4.78 is 0. The lowest BCUT2D eigenvalue weighted by atomic mass is 10.2. The van der Waals surface area contributed by atoms with Crippen LogP contribution >= 0.6 is 23.4 Å². The molecule has 8 nitrogen and oxygen atoms in total. The number of halogens is 1. The fourth-order valence-corrected chi connectivity index (χ4v) is 5.26. The van der Waals surface area contributed by atoms with Crippen LogP contribution in [-0.4, -0.2) is 89.5 Å². The number of aliphatic carboxylic acids is 2. The molecule has 3 N–H and O–H groups in total. The molecule has 0 aliphatic carbocycles. The van der Waals surface area contributed by atoms with Gasteiger partial charge in [0.05, 0.1) is 18.0 Å². The Bertz CT molecular complexity index is 1030. The highest BCUT2D eigenvalue weighted by atomic mass is 35.5. The average molecular weight is 520 g/mol. The minimum absolute atomic E-state index is 0.258. The van der Waals surface area contributed by atoms with Crippen molar-refractivity contribution in [2.75, 3.05) is 57.3 Å². The zero-order valence-electron chi connectivity index (χ0n) is 19.3. The van der Waals surface area contributed by atoms with Crippen LogP contribution in [0.4, 0.5) is 11.4 Å². The lowest BCUT2D eigenvalue weighted by Crippen LogP contribution is -2.47. The predicted octanol–water partition coefficient (Wildman–Crippen LogP) is 3.65. The summed E-state index contributed by atoms with van der Waals surface area (Å²) in [6.07, 6.45) is 2.23. The van der Waals surface area contributed by atoms with Crippen molar-refractivity contribution in [3.8, 4) is 0 Å². The van der Waals surface area contributed by atoms with Crippen molar-refractivity contribution in [2.24, 2.45) is 0 Å². The fourth-order valence-electron chi connectivity index (χ4n) is 4.02. The fraction of sp³-hybridized carbons (Fsp3) is 0.360. The summed E-state index contributed by atoms with van der Waals surface area (Å²) in [4.78, 5) is 29.0. The first-order valence-corrected chi connectivity index (χ1v) is 12.6. The maximum Gasteiger partial charge on any atom is 0.328 e. The third-order valence-corrected chi connectivity index (χ3v) is 7.06. The minimum Gasteiger partial charge on any atom is -0.478 e. The van der Waals surface area contributed by atoms with E-state index in [1.54, 1.807) is 0 Å². The molecule has 2 aliphatic rings. The van der Waals surface area contributed by atoms with Crippen LogP contribution in [0.15, 0.2) is 64.4 Å². The molecule has 10 heteroatoms. The second-order valence-corrected chi connectivity index (χ2v) is 9.62. The van der Waals surface area contributed by atoms with Gasteiger partial charge >= 0.3 is 11.9 Å². The van der Waals surface area contributed by atoms with Crippen molar-refractivity contribution in [3.63, 3.8) is 0 Å². The van der Waals surface area contributed by atoms with Crippen LogP contribution < -0.4 is 4.90 Å². The number of β-amino-alcohol motifs (C(OH)–C–C–N with tert-alkyl or cyclic N) is 1. The van der Waals surface area contributed by atoms with Crippen LogP contribution in [0.2, 0.25) is 5.02 Å². The molecule has 0 radical (unpaired) electrons. The lowest BCUT2D eigenvalue weighted by Gasteiger charge is -2.36. The van der Waals surface area contributed by atoms with Gasteiger partial charge in [0.1, 0.15) is 0 Å². The van der Waals surface area contributed by atoms with E-state index in [9.17, 15) is 9.59 Å². The first kappa shape index (κ1) is 27.0. The van der Waals surface area contributed by atoms with Crippen LogP contribution in [0.1, 0.15) is 6.42 Å². The molecular formula is C25H30ClN3O5S. The van der Waals surface area contributed by atoms with E-state index in [2.05, 4.69) is 51.1 Å². The molecule has 0 spiro atoms. The Hall–Kier alpha value is -2.56. The number of fused-ring (bicyclic) bond motifs is 2. The van der Waals surface area contributed by atoms with Gasteiger partial charge in [-0.15, -0.1) is 0 Å². The maximum atomic E-state index is 9.55. The van der Waals surface area contributed by atoms with Gasteiger partial charge in [0, 0.05) is 66.2 Å². The Morgan fingerprint density at radius 2 is 1.46 bits per heavy atom. The molecule has 1 fully saturated rings. The summed E-state index contributed by atoms with van der Waals surface area (Å²) in [5.74, 6) is -2.51.